The summed E-state index contributed by atoms with van der Waals surface area (Å²) in [7, 11) is 1.50. The molecule has 1 aliphatic heterocycles. The number of furan rings is 1. The van der Waals surface area contributed by atoms with Gasteiger partial charge in [0.15, 0.2) is 5.96 Å². The molecule has 0 saturated heterocycles. The highest BCUT2D eigenvalue weighted by Crippen LogP contribution is 2.36. The van der Waals surface area contributed by atoms with E-state index in [9.17, 15) is 14.0 Å². The van der Waals surface area contributed by atoms with Gasteiger partial charge in [0.1, 0.15) is 11.4 Å². The van der Waals surface area contributed by atoms with Gasteiger partial charge in [0.25, 0.3) is 5.91 Å². The van der Waals surface area contributed by atoms with E-state index in [0.717, 1.165) is 4.47 Å². The lowest BCUT2D eigenvalue weighted by Gasteiger charge is -2.34. The van der Waals surface area contributed by atoms with Crippen LogP contribution in [0.5, 0.6) is 0 Å². The molecule has 0 radical (unpaired) electrons. The Morgan fingerprint density at radius 3 is 2.74 bits per heavy atom. The van der Waals surface area contributed by atoms with Crippen molar-refractivity contribution in [3.63, 3.8) is 0 Å². The molecule has 2 heterocycles. The molecule has 0 aliphatic carbocycles. The molecule has 0 spiro atoms. The topological polar surface area (TPSA) is 127 Å². The molecule has 31 heavy (non-hydrogen) atoms. The monoisotopic (exact) mass is 487 g/mol. The summed E-state index contributed by atoms with van der Waals surface area (Å²) >= 11 is 3.36. The van der Waals surface area contributed by atoms with E-state index in [4.69, 9.17) is 15.9 Å². The van der Waals surface area contributed by atoms with E-state index in [-0.39, 0.29) is 35.3 Å². The number of benzene rings is 2. The van der Waals surface area contributed by atoms with E-state index in [1.54, 1.807) is 25.1 Å². The summed E-state index contributed by atoms with van der Waals surface area (Å²) in [6, 6.07) is 9.25. The summed E-state index contributed by atoms with van der Waals surface area (Å²) in [5.74, 6) is -1.50. The van der Waals surface area contributed by atoms with Crippen LogP contribution in [0.4, 0.5) is 15.8 Å². The van der Waals surface area contributed by atoms with Crippen LogP contribution in [0, 0.1) is 5.82 Å². The smallest absolute Gasteiger partial charge is 0.293 e. The second-order valence-corrected chi connectivity index (χ2v) is 8.42. The van der Waals surface area contributed by atoms with Crippen LogP contribution < -0.4 is 16.8 Å². The van der Waals surface area contributed by atoms with Gasteiger partial charge in [0, 0.05) is 28.2 Å². The van der Waals surface area contributed by atoms with Crippen molar-refractivity contribution in [3.8, 4) is 0 Å². The summed E-state index contributed by atoms with van der Waals surface area (Å²) in [6.07, 6.45) is -0.0656. The Hall–Kier alpha value is -3.40. The number of guanidine groups is 1. The number of halogens is 2. The highest BCUT2D eigenvalue weighted by molar-refractivity contribution is 9.10. The van der Waals surface area contributed by atoms with Crippen LogP contribution in [0.25, 0.3) is 11.0 Å². The van der Waals surface area contributed by atoms with E-state index in [2.05, 4.69) is 26.2 Å². The molecule has 2 amide bonds. The third kappa shape index (κ3) is 3.63. The molecule has 2 aromatic carbocycles. The number of anilines is 2. The maximum Gasteiger partial charge on any atom is 0.293 e. The lowest BCUT2D eigenvalue weighted by molar-refractivity contribution is -0.128. The van der Waals surface area contributed by atoms with Crippen LogP contribution in [-0.2, 0) is 10.3 Å². The maximum absolute atomic E-state index is 14.7. The quantitative estimate of drug-likeness (QED) is 0.520. The van der Waals surface area contributed by atoms with E-state index in [0.29, 0.717) is 16.7 Å². The number of nitrogen functional groups attached to an aromatic ring is 1. The Morgan fingerprint density at radius 1 is 1.29 bits per heavy atom. The van der Waals surface area contributed by atoms with Crippen LogP contribution >= 0.6 is 15.9 Å². The van der Waals surface area contributed by atoms with Crippen molar-refractivity contribution >= 4 is 56.0 Å². The number of carbonyl (C=O) groups is 2. The average Bonchev–Trinajstić information content (AvgIpc) is 3.03. The predicted octanol–water partition coefficient (Wildman–Crippen LogP) is 3.56. The van der Waals surface area contributed by atoms with Crippen molar-refractivity contribution in [1.82, 2.24) is 4.90 Å². The number of nitrogens with one attached hydrogen (secondary N) is 1. The zero-order chi connectivity index (χ0) is 22.5. The summed E-state index contributed by atoms with van der Waals surface area (Å²) in [5.41, 5.74) is 11.8. The van der Waals surface area contributed by atoms with Crippen molar-refractivity contribution in [2.24, 2.45) is 10.7 Å². The largest absolute Gasteiger partial charge is 0.449 e. The van der Waals surface area contributed by atoms with Crippen LogP contribution in [-0.4, -0.2) is 29.7 Å². The van der Waals surface area contributed by atoms with Gasteiger partial charge in [-0.2, -0.15) is 0 Å². The van der Waals surface area contributed by atoms with Crippen molar-refractivity contribution in [1.29, 1.82) is 0 Å². The highest BCUT2D eigenvalue weighted by atomic mass is 79.9. The predicted molar refractivity (Wildman–Crippen MR) is 119 cm³/mol. The first-order valence-corrected chi connectivity index (χ1v) is 10.1. The third-order valence-corrected chi connectivity index (χ3v) is 5.77. The summed E-state index contributed by atoms with van der Waals surface area (Å²) in [5, 5.41) is 3.26. The molecule has 0 saturated carbocycles. The molecule has 4 rings (SSSR count). The summed E-state index contributed by atoms with van der Waals surface area (Å²) < 4.78 is 21.1. The van der Waals surface area contributed by atoms with Gasteiger partial charge in [-0.1, -0.05) is 15.9 Å². The fraction of sp³-hybridized carbons (Fsp3) is 0.190. The van der Waals surface area contributed by atoms with Crippen LogP contribution in [0.2, 0.25) is 0 Å². The van der Waals surface area contributed by atoms with Crippen LogP contribution in [0.15, 0.2) is 50.3 Å². The van der Waals surface area contributed by atoms with Gasteiger partial charge in [-0.05, 0) is 43.3 Å². The number of amides is 2. The Kier molecular flexibility index (Phi) is 4.97. The first-order valence-electron chi connectivity index (χ1n) is 9.30. The first-order chi connectivity index (χ1) is 14.6. The number of nitrogens with two attached hydrogens (primary N) is 2. The second kappa shape index (κ2) is 7.38. The molecule has 0 fully saturated rings. The molecular weight excluding hydrogens is 469 g/mol. The van der Waals surface area contributed by atoms with Gasteiger partial charge in [0.05, 0.1) is 17.6 Å². The second-order valence-electron chi connectivity index (χ2n) is 7.51. The van der Waals surface area contributed by atoms with Gasteiger partial charge >= 0.3 is 0 Å². The maximum atomic E-state index is 14.7. The van der Waals surface area contributed by atoms with Crippen molar-refractivity contribution in [3.05, 3.63) is 58.0 Å². The minimum atomic E-state index is -1.21. The number of carbonyl (C=O) groups excluding carboxylic acids is 2. The number of fused-ring (bicyclic) bond motifs is 1. The molecule has 10 heteroatoms. The number of hydrogen-bond acceptors (Lipinski definition) is 6. The van der Waals surface area contributed by atoms with Gasteiger partial charge < -0.3 is 21.2 Å². The average molecular weight is 488 g/mol. The van der Waals surface area contributed by atoms with E-state index in [1.165, 1.54) is 30.1 Å². The standard InChI is InChI=1S/C21H19BrFN5O3/c1-21(9-16(29)28(2)20(25)27-21)13-8-11(4-5-14(13)23)26-19(30)18-17(24)12-7-10(22)3-6-15(12)31-18/h3-8H,9,24H2,1-2H3,(H2,25,27)(H,26,30). The Balaban J connectivity index is 1.67. The molecule has 160 valence electrons. The van der Waals surface area contributed by atoms with Gasteiger partial charge in [0.2, 0.25) is 11.7 Å². The number of aliphatic imine (C=N–C) groups is 1. The lowest BCUT2D eigenvalue weighted by atomic mass is 9.87. The number of nitrogens with zero attached hydrogens (tertiary/aromatic N) is 2. The summed E-state index contributed by atoms with van der Waals surface area (Å²) in [4.78, 5) is 30.6. The van der Waals surface area contributed by atoms with E-state index >= 15 is 0 Å². The molecule has 0 bridgehead atoms. The van der Waals surface area contributed by atoms with Gasteiger partial charge in [-0.15, -0.1) is 0 Å². The Bertz CT molecular complexity index is 1270. The van der Waals surface area contributed by atoms with Crippen molar-refractivity contribution in [2.75, 3.05) is 18.1 Å². The van der Waals surface area contributed by atoms with Crippen LogP contribution in [0.1, 0.15) is 29.5 Å². The fourth-order valence-corrected chi connectivity index (χ4v) is 3.89. The molecule has 1 atom stereocenters. The van der Waals surface area contributed by atoms with Crippen LogP contribution in [0.3, 0.4) is 0 Å². The van der Waals surface area contributed by atoms with E-state index in [1.807, 2.05) is 0 Å². The molecule has 1 aromatic heterocycles. The third-order valence-electron chi connectivity index (χ3n) is 5.27. The Morgan fingerprint density at radius 2 is 2.03 bits per heavy atom. The van der Waals surface area contributed by atoms with Crippen molar-refractivity contribution in [2.45, 2.75) is 18.9 Å². The molecular formula is C21H19BrFN5O3. The molecule has 8 nitrogen and oxygen atoms in total. The molecule has 3 aromatic rings. The molecule has 1 unspecified atom stereocenters. The lowest BCUT2D eigenvalue weighted by Crippen LogP contribution is -2.47. The number of hydrogen-bond donors (Lipinski definition) is 3. The highest BCUT2D eigenvalue weighted by Gasteiger charge is 2.38. The first kappa shape index (κ1) is 20.9. The zero-order valence-electron chi connectivity index (χ0n) is 16.7. The molecule has 1 aliphatic rings. The number of rotatable bonds is 3. The van der Waals surface area contributed by atoms with Gasteiger partial charge in [-0.25, -0.2) is 9.38 Å². The van der Waals surface area contributed by atoms with Gasteiger partial charge in [-0.3, -0.25) is 14.5 Å². The minimum absolute atomic E-state index is 0.00574. The minimum Gasteiger partial charge on any atom is -0.449 e. The van der Waals surface area contributed by atoms with E-state index < -0.39 is 17.3 Å². The zero-order valence-corrected chi connectivity index (χ0v) is 18.3. The Labute approximate surface area is 185 Å². The SMILES string of the molecule is CN1C(=O)CC(C)(c2cc(NC(=O)c3oc4ccc(Br)cc4c3N)ccc2F)N=C1N. The molecule has 5 N–H and O–H groups in total. The van der Waals surface area contributed by atoms with Crippen molar-refractivity contribution < 1.29 is 18.4 Å². The summed E-state index contributed by atoms with van der Waals surface area (Å²) in [6.45, 7) is 1.61. The normalized spacial score (nSPS) is 18.9. The fourth-order valence-electron chi connectivity index (χ4n) is 3.52.